The first-order chi connectivity index (χ1) is 14.6. The van der Waals surface area contributed by atoms with Gasteiger partial charge >= 0.3 is 0 Å². The number of para-hydroxylation sites is 1. The predicted octanol–water partition coefficient (Wildman–Crippen LogP) is 5.28. The molecule has 0 saturated carbocycles. The zero-order valence-electron chi connectivity index (χ0n) is 16.7. The molecule has 0 atom stereocenters. The quantitative estimate of drug-likeness (QED) is 0.576. The Morgan fingerprint density at radius 3 is 2.00 bits per heavy atom. The van der Waals surface area contributed by atoms with E-state index < -0.39 is 0 Å². The number of carbonyl (C=O) groups excluding carboxylic acids is 1. The first-order valence-corrected chi connectivity index (χ1v) is 10.2. The van der Waals surface area contributed by atoms with Gasteiger partial charge in [-0.2, -0.15) is 0 Å². The van der Waals surface area contributed by atoms with Gasteiger partial charge in [0.2, 0.25) is 0 Å². The van der Waals surface area contributed by atoms with Crippen LogP contribution in [0.15, 0.2) is 78.9 Å². The molecule has 1 fully saturated rings. The molecule has 0 aliphatic carbocycles. The summed E-state index contributed by atoms with van der Waals surface area (Å²) in [5.74, 6) is -0.694. The van der Waals surface area contributed by atoms with Gasteiger partial charge in [-0.1, -0.05) is 30.3 Å². The van der Waals surface area contributed by atoms with Crippen LogP contribution >= 0.6 is 0 Å². The molecule has 1 heterocycles. The summed E-state index contributed by atoms with van der Waals surface area (Å²) in [5, 5.41) is 0. The molecule has 1 aliphatic heterocycles. The standard InChI is InChI=1S/C25H24F2N2O/c26-21-10-6-19(7-11-21)18-28-16-14-24(15-17-28)29(23-4-2-1-3-5-23)25(30)20-8-12-22(27)13-9-20/h1-13,24H,14-18H2. The number of nitrogens with zero attached hydrogens (tertiary/aromatic N) is 2. The van der Waals surface area contributed by atoms with E-state index in [4.69, 9.17) is 0 Å². The molecule has 0 N–H and O–H groups in total. The Kier molecular flexibility index (Phi) is 6.19. The molecule has 4 rings (SSSR count). The molecule has 0 aromatic heterocycles. The van der Waals surface area contributed by atoms with Gasteiger partial charge < -0.3 is 4.90 Å². The van der Waals surface area contributed by atoms with Crippen LogP contribution in [0, 0.1) is 11.6 Å². The molecule has 5 heteroatoms. The molecule has 1 saturated heterocycles. The first kappa shape index (κ1) is 20.2. The number of piperidine rings is 1. The van der Waals surface area contributed by atoms with E-state index in [1.165, 1.54) is 36.4 Å². The Morgan fingerprint density at radius 2 is 1.40 bits per heavy atom. The lowest BCUT2D eigenvalue weighted by molar-refractivity contribution is 0.0958. The summed E-state index contributed by atoms with van der Waals surface area (Å²) in [6.07, 6.45) is 1.67. The van der Waals surface area contributed by atoms with Crippen LogP contribution < -0.4 is 4.90 Å². The van der Waals surface area contributed by atoms with Crippen LogP contribution in [0.4, 0.5) is 14.5 Å². The summed E-state index contributed by atoms with van der Waals surface area (Å²) in [7, 11) is 0. The molecule has 3 nitrogen and oxygen atoms in total. The largest absolute Gasteiger partial charge is 0.305 e. The SMILES string of the molecule is O=C(c1ccc(F)cc1)N(c1ccccc1)C1CCN(Cc2ccc(F)cc2)CC1. The second-order valence-corrected chi connectivity index (χ2v) is 7.65. The molecule has 1 aliphatic rings. The molecule has 0 bridgehead atoms. The van der Waals surface area contributed by atoms with Crippen molar-refractivity contribution in [2.24, 2.45) is 0 Å². The maximum Gasteiger partial charge on any atom is 0.258 e. The number of carbonyl (C=O) groups is 1. The number of likely N-dealkylation sites (tertiary alicyclic amines) is 1. The molecule has 0 unspecified atom stereocenters. The zero-order valence-corrected chi connectivity index (χ0v) is 16.7. The van der Waals surface area contributed by atoms with Crippen LogP contribution in [0.2, 0.25) is 0 Å². The molecule has 30 heavy (non-hydrogen) atoms. The number of halogens is 2. The van der Waals surface area contributed by atoms with Gasteiger partial charge in [-0.05, 0) is 66.9 Å². The first-order valence-electron chi connectivity index (χ1n) is 10.2. The van der Waals surface area contributed by atoms with Crippen molar-refractivity contribution >= 4 is 11.6 Å². The van der Waals surface area contributed by atoms with E-state index in [0.29, 0.717) is 5.56 Å². The van der Waals surface area contributed by atoms with Crippen LogP contribution in [-0.2, 0) is 6.54 Å². The normalized spacial score (nSPS) is 15.1. The van der Waals surface area contributed by atoms with Crippen molar-refractivity contribution in [3.05, 3.63) is 102 Å². The van der Waals surface area contributed by atoms with Gasteiger partial charge in [-0.3, -0.25) is 9.69 Å². The summed E-state index contributed by atoms with van der Waals surface area (Å²) in [4.78, 5) is 17.5. The van der Waals surface area contributed by atoms with E-state index in [-0.39, 0.29) is 23.6 Å². The highest BCUT2D eigenvalue weighted by Crippen LogP contribution is 2.26. The molecular weight excluding hydrogens is 382 g/mol. The Hall–Kier alpha value is -3.05. The third kappa shape index (κ3) is 4.74. The highest BCUT2D eigenvalue weighted by molar-refractivity contribution is 6.06. The van der Waals surface area contributed by atoms with Crippen molar-refractivity contribution in [3.8, 4) is 0 Å². The summed E-state index contributed by atoms with van der Waals surface area (Å²) < 4.78 is 26.5. The Labute approximate surface area is 175 Å². The van der Waals surface area contributed by atoms with Gasteiger partial charge in [0.1, 0.15) is 11.6 Å². The van der Waals surface area contributed by atoms with Gasteiger partial charge in [-0.15, -0.1) is 0 Å². The number of benzene rings is 3. The fraction of sp³-hybridized carbons (Fsp3) is 0.240. The molecular formula is C25H24F2N2O. The van der Waals surface area contributed by atoms with Crippen molar-refractivity contribution in [1.82, 2.24) is 4.90 Å². The monoisotopic (exact) mass is 406 g/mol. The average Bonchev–Trinajstić information content (AvgIpc) is 2.78. The van der Waals surface area contributed by atoms with Crippen LogP contribution in [0.5, 0.6) is 0 Å². The Morgan fingerprint density at radius 1 is 0.833 bits per heavy atom. The smallest absolute Gasteiger partial charge is 0.258 e. The van der Waals surface area contributed by atoms with Crippen LogP contribution in [0.3, 0.4) is 0 Å². The third-order valence-electron chi connectivity index (χ3n) is 5.59. The lowest BCUT2D eigenvalue weighted by Crippen LogP contribution is -2.47. The summed E-state index contributed by atoms with van der Waals surface area (Å²) in [5.41, 5.74) is 2.41. The van der Waals surface area contributed by atoms with Gasteiger partial charge in [0, 0.05) is 36.9 Å². The third-order valence-corrected chi connectivity index (χ3v) is 5.59. The highest BCUT2D eigenvalue weighted by atomic mass is 19.1. The number of anilines is 1. The fourth-order valence-corrected chi connectivity index (χ4v) is 4.00. The summed E-state index contributed by atoms with van der Waals surface area (Å²) >= 11 is 0. The molecule has 0 spiro atoms. The molecule has 0 radical (unpaired) electrons. The van der Waals surface area contributed by atoms with Gasteiger partial charge in [0.15, 0.2) is 0 Å². The lowest BCUT2D eigenvalue weighted by atomic mass is 10.00. The Balaban J connectivity index is 1.49. The van der Waals surface area contributed by atoms with E-state index in [0.717, 1.165) is 43.7 Å². The summed E-state index contributed by atoms with van der Waals surface area (Å²) in [6.45, 7) is 2.47. The number of hydrogen-bond acceptors (Lipinski definition) is 2. The topological polar surface area (TPSA) is 23.6 Å². The fourth-order valence-electron chi connectivity index (χ4n) is 4.00. The highest BCUT2D eigenvalue weighted by Gasteiger charge is 2.29. The van der Waals surface area contributed by atoms with Crippen LogP contribution in [0.1, 0.15) is 28.8 Å². The average molecular weight is 406 g/mol. The lowest BCUT2D eigenvalue weighted by Gasteiger charge is -2.38. The number of rotatable bonds is 5. The van der Waals surface area contributed by atoms with Gasteiger partial charge in [0.25, 0.3) is 5.91 Å². The maximum atomic E-state index is 13.3. The van der Waals surface area contributed by atoms with E-state index in [2.05, 4.69) is 4.90 Å². The summed E-state index contributed by atoms with van der Waals surface area (Å²) in [6, 6.07) is 22.0. The second kappa shape index (κ2) is 9.18. The van der Waals surface area contributed by atoms with Crippen LogP contribution in [0.25, 0.3) is 0 Å². The van der Waals surface area contributed by atoms with Crippen LogP contribution in [-0.4, -0.2) is 29.9 Å². The number of amides is 1. The zero-order chi connectivity index (χ0) is 20.9. The van der Waals surface area contributed by atoms with Crippen molar-refractivity contribution < 1.29 is 13.6 Å². The maximum absolute atomic E-state index is 13.3. The van der Waals surface area contributed by atoms with E-state index in [9.17, 15) is 13.6 Å². The van der Waals surface area contributed by atoms with Crippen molar-refractivity contribution in [2.45, 2.75) is 25.4 Å². The molecule has 1 amide bonds. The second-order valence-electron chi connectivity index (χ2n) is 7.65. The van der Waals surface area contributed by atoms with E-state index in [1.807, 2.05) is 47.4 Å². The van der Waals surface area contributed by atoms with Crippen molar-refractivity contribution in [3.63, 3.8) is 0 Å². The molecule has 3 aromatic carbocycles. The van der Waals surface area contributed by atoms with Crippen molar-refractivity contribution in [1.29, 1.82) is 0 Å². The van der Waals surface area contributed by atoms with E-state index >= 15 is 0 Å². The molecule has 3 aromatic rings. The predicted molar refractivity (Wildman–Crippen MR) is 114 cm³/mol. The minimum absolute atomic E-state index is 0.0643. The minimum atomic E-state index is -0.355. The minimum Gasteiger partial charge on any atom is -0.305 e. The van der Waals surface area contributed by atoms with E-state index in [1.54, 1.807) is 0 Å². The Bertz CT molecular complexity index is 966. The number of hydrogen-bond donors (Lipinski definition) is 0. The van der Waals surface area contributed by atoms with Gasteiger partial charge in [-0.25, -0.2) is 8.78 Å². The van der Waals surface area contributed by atoms with Gasteiger partial charge in [0.05, 0.1) is 0 Å². The van der Waals surface area contributed by atoms with Crippen molar-refractivity contribution in [2.75, 3.05) is 18.0 Å². The molecule has 154 valence electrons.